The Morgan fingerprint density at radius 2 is 2.09 bits per heavy atom. The summed E-state index contributed by atoms with van der Waals surface area (Å²) in [6.45, 7) is 1.72. The van der Waals surface area contributed by atoms with E-state index in [2.05, 4.69) is 0 Å². The molecule has 1 nitrogen and oxygen atoms in total. The lowest BCUT2D eigenvalue weighted by atomic mass is 10.2. The number of methoxy groups -OCH3 is 1. The van der Waals surface area contributed by atoms with Crippen molar-refractivity contribution in [2.75, 3.05) is 7.11 Å². The zero-order chi connectivity index (χ0) is 8.43. The lowest BCUT2D eigenvalue weighted by Crippen LogP contribution is -1.90. The fourth-order valence-corrected chi connectivity index (χ4v) is 1.44. The maximum Gasteiger partial charge on any atom is 0.132 e. The number of benzene rings is 1. The van der Waals surface area contributed by atoms with Crippen LogP contribution in [0, 0.1) is 16.3 Å². The molecule has 0 amide bonds. The van der Waals surface area contributed by atoms with Crippen molar-refractivity contribution >= 4 is 22.6 Å². The first-order chi connectivity index (χ1) is 5.15. The van der Waals surface area contributed by atoms with Crippen molar-refractivity contribution in [2.45, 2.75) is 6.92 Å². The molecule has 1 aromatic carbocycles. The molecular formula is C8H8FIO. The third-order valence-corrected chi connectivity index (χ3v) is 2.28. The molecule has 0 saturated carbocycles. The van der Waals surface area contributed by atoms with Crippen molar-refractivity contribution in [3.05, 3.63) is 27.1 Å². The van der Waals surface area contributed by atoms with Gasteiger partial charge in [0, 0.05) is 0 Å². The van der Waals surface area contributed by atoms with Crippen molar-refractivity contribution in [2.24, 2.45) is 0 Å². The van der Waals surface area contributed by atoms with Crippen molar-refractivity contribution in [3.8, 4) is 5.75 Å². The van der Waals surface area contributed by atoms with Gasteiger partial charge < -0.3 is 4.74 Å². The molecule has 0 aliphatic carbocycles. The topological polar surface area (TPSA) is 9.23 Å². The summed E-state index contributed by atoms with van der Waals surface area (Å²) < 4.78 is 18.6. The predicted molar refractivity (Wildman–Crippen MR) is 50.4 cm³/mol. The Hall–Kier alpha value is -0.320. The van der Waals surface area contributed by atoms with Crippen LogP contribution in [0.1, 0.15) is 5.56 Å². The van der Waals surface area contributed by atoms with Gasteiger partial charge in [0.1, 0.15) is 11.6 Å². The molecule has 0 N–H and O–H groups in total. The van der Waals surface area contributed by atoms with Crippen LogP contribution < -0.4 is 4.74 Å². The lowest BCUT2D eigenvalue weighted by Gasteiger charge is -2.04. The maximum atomic E-state index is 12.8. The van der Waals surface area contributed by atoms with Gasteiger partial charge in [-0.05, 0) is 47.2 Å². The average Bonchev–Trinajstić information content (AvgIpc) is 1.97. The number of ether oxygens (including phenoxy) is 1. The molecule has 0 saturated heterocycles. The highest BCUT2D eigenvalue weighted by atomic mass is 127. The van der Waals surface area contributed by atoms with Crippen molar-refractivity contribution in [3.63, 3.8) is 0 Å². The Labute approximate surface area is 78.7 Å². The van der Waals surface area contributed by atoms with Crippen LogP contribution in [0.4, 0.5) is 4.39 Å². The van der Waals surface area contributed by atoms with Gasteiger partial charge in [-0.25, -0.2) is 4.39 Å². The van der Waals surface area contributed by atoms with Gasteiger partial charge in [-0.2, -0.15) is 0 Å². The van der Waals surface area contributed by atoms with E-state index >= 15 is 0 Å². The van der Waals surface area contributed by atoms with Crippen LogP contribution in [0.5, 0.6) is 5.75 Å². The number of aryl methyl sites for hydroxylation is 1. The minimum atomic E-state index is -0.185. The Kier molecular flexibility index (Phi) is 2.70. The van der Waals surface area contributed by atoms with E-state index < -0.39 is 0 Å². The molecule has 0 bridgehead atoms. The van der Waals surface area contributed by atoms with Crippen LogP contribution in [-0.4, -0.2) is 7.11 Å². The van der Waals surface area contributed by atoms with Gasteiger partial charge in [0.25, 0.3) is 0 Å². The first kappa shape index (κ1) is 8.77. The second-order valence-corrected chi connectivity index (χ2v) is 3.40. The summed E-state index contributed by atoms with van der Waals surface area (Å²) >= 11 is 2.04. The summed E-state index contributed by atoms with van der Waals surface area (Å²) in [4.78, 5) is 0. The standard InChI is InChI=1S/C8H8FIO/c1-5-3-8(11-2)7(10)4-6(5)9/h3-4H,1-2H3. The Morgan fingerprint density at radius 3 is 2.64 bits per heavy atom. The Bertz CT molecular complexity index is 273. The summed E-state index contributed by atoms with van der Waals surface area (Å²) in [6.07, 6.45) is 0. The van der Waals surface area contributed by atoms with E-state index in [0.29, 0.717) is 5.56 Å². The highest BCUT2D eigenvalue weighted by Gasteiger charge is 2.03. The van der Waals surface area contributed by atoms with Gasteiger partial charge in [-0.1, -0.05) is 0 Å². The monoisotopic (exact) mass is 266 g/mol. The molecule has 1 aromatic rings. The largest absolute Gasteiger partial charge is 0.496 e. The molecule has 0 aromatic heterocycles. The molecule has 3 heteroatoms. The molecule has 0 radical (unpaired) electrons. The van der Waals surface area contributed by atoms with Gasteiger partial charge in [0.15, 0.2) is 0 Å². The third-order valence-electron chi connectivity index (χ3n) is 1.43. The van der Waals surface area contributed by atoms with Gasteiger partial charge in [0.2, 0.25) is 0 Å². The molecule has 1 rings (SSSR count). The third kappa shape index (κ3) is 1.83. The van der Waals surface area contributed by atoms with Gasteiger partial charge in [0.05, 0.1) is 10.7 Å². The summed E-state index contributed by atoms with van der Waals surface area (Å²) in [5.74, 6) is 0.541. The molecular weight excluding hydrogens is 258 g/mol. The van der Waals surface area contributed by atoms with E-state index in [1.807, 2.05) is 22.6 Å². The second kappa shape index (κ2) is 3.38. The molecule has 0 aliphatic heterocycles. The van der Waals surface area contributed by atoms with Crippen LogP contribution in [0.15, 0.2) is 12.1 Å². The molecule has 0 heterocycles. The SMILES string of the molecule is COc1cc(C)c(F)cc1I. The van der Waals surface area contributed by atoms with Crippen molar-refractivity contribution in [1.29, 1.82) is 0 Å². The lowest BCUT2D eigenvalue weighted by molar-refractivity contribution is 0.410. The predicted octanol–water partition coefficient (Wildman–Crippen LogP) is 2.75. The summed E-state index contributed by atoms with van der Waals surface area (Å²) in [5, 5.41) is 0. The number of hydrogen-bond acceptors (Lipinski definition) is 1. The first-order valence-corrected chi connectivity index (χ1v) is 4.22. The van der Waals surface area contributed by atoms with E-state index in [4.69, 9.17) is 4.74 Å². The molecule has 0 atom stereocenters. The number of rotatable bonds is 1. The normalized spacial score (nSPS) is 9.82. The average molecular weight is 266 g/mol. The fourth-order valence-electron chi connectivity index (χ4n) is 0.787. The summed E-state index contributed by atoms with van der Waals surface area (Å²) in [5.41, 5.74) is 0.613. The van der Waals surface area contributed by atoms with Crippen LogP contribution in [0.3, 0.4) is 0 Å². The van der Waals surface area contributed by atoms with Gasteiger partial charge in [-0.15, -0.1) is 0 Å². The molecule has 0 spiro atoms. The zero-order valence-electron chi connectivity index (χ0n) is 6.32. The molecule has 60 valence electrons. The summed E-state index contributed by atoms with van der Waals surface area (Å²) in [7, 11) is 1.58. The van der Waals surface area contributed by atoms with E-state index in [1.165, 1.54) is 6.07 Å². The van der Waals surface area contributed by atoms with Crippen LogP contribution in [0.25, 0.3) is 0 Å². The van der Waals surface area contributed by atoms with Gasteiger partial charge in [-0.3, -0.25) is 0 Å². The highest BCUT2D eigenvalue weighted by molar-refractivity contribution is 14.1. The highest BCUT2D eigenvalue weighted by Crippen LogP contribution is 2.23. The second-order valence-electron chi connectivity index (χ2n) is 2.24. The first-order valence-electron chi connectivity index (χ1n) is 3.15. The maximum absolute atomic E-state index is 12.8. The fraction of sp³-hybridized carbons (Fsp3) is 0.250. The summed E-state index contributed by atoms with van der Waals surface area (Å²) in [6, 6.07) is 3.16. The van der Waals surface area contributed by atoms with E-state index in [-0.39, 0.29) is 5.82 Å². The van der Waals surface area contributed by atoms with E-state index in [9.17, 15) is 4.39 Å². The van der Waals surface area contributed by atoms with Crippen LogP contribution in [0.2, 0.25) is 0 Å². The zero-order valence-corrected chi connectivity index (χ0v) is 8.48. The number of hydrogen-bond donors (Lipinski definition) is 0. The minimum absolute atomic E-state index is 0.185. The van der Waals surface area contributed by atoms with E-state index in [0.717, 1.165) is 9.32 Å². The Balaban J connectivity index is 3.21. The minimum Gasteiger partial charge on any atom is -0.496 e. The van der Waals surface area contributed by atoms with E-state index in [1.54, 1.807) is 20.1 Å². The molecule has 0 aliphatic rings. The number of halogens is 2. The van der Waals surface area contributed by atoms with Crippen LogP contribution >= 0.6 is 22.6 Å². The smallest absolute Gasteiger partial charge is 0.132 e. The molecule has 0 fully saturated rings. The molecule has 11 heavy (non-hydrogen) atoms. The van der Waals surface area contributed by atoms with Crippen molar-refractivity contribution < 1.29 is 9.13 Å². The Morgan fingerprint density at radius 1 is 1.45 bits per heavy atom. The quantitative estimate of drug-likeness (QED) is 0.710. The molecule has 0 unspecified atom stereocenters. The van der Waals surface area contributed by atoms with Gasteiger partial charge >= 0.3 is 0 Å². The van der Waals surface area contributed by atoms with Crippen molar-refractivity contribution in [1.82, 2.24) is 0 Å². The van der Waals surface area contributed by atoms with Crippen LogP contribution in [-0.2, 0) is 0 Å².